The minimum Gasteiger partial charge on any atom is -0.390 e. The maximum Gasteiger partial charge on any atom is 0.0995 e. The summed E-state index contributed by atoms with van der Waals surface area (Å²) in [7, 11) is 0. The lowest BCUT2D eigenvalue weighted by Crippen LogP contribution is -2.41. The van der Waals surface area contributed by atoms with E-state index >= 15 is 0 Å². The van der Waals surface area contributed by atoms with Gasteiger partial charge in [0.1, 0.15) is 0 Å². The number of β-amino-alcohol motifs (C(OH)–C–C–N with tert-alkyl or cyclic N) is 1. The number of benzene rings is 1. The largest absolute Gasteiger partial charge is 0.390 e. The van der Waals surface area contributed by atoms with E-state index in [2.05, 4.69) is 15.9 Å². The summed E-state index contributed by atoms with van der Waals surface area (Å²) in [5, 5.41) is 19.4. The van der Waals surface area contributed by atoms with Crippen molar-refractivity contribution >= 4 is 0 Å². The third-order valence-electron chi connectivity index (χ3n) is 4.48. The Labute approximate surface area is 120 Å². The Kier molecular flexibility index (Phi) is 4.02. The predicted octanol–water partition coefficient (Wildman–Crippen LogP) is 1.20. The molecule has 4 nitrogen and oxygen atoms in total. The first-order valence-corrected chi connectivity index (χ1v) is 7.40. The van der Waals surface area contributed by atoms with Crippen LogP contribution in [0.2, 0.25) is 0 Å². The van der Waals surface area contributed by atoms with Crippen molar-refractivity contribution in [1.82, 2.24) is 9.80 Å². The molecule has 3 rings (SSSR count). The Morgan fingerprint density at radius 3 is 2.70 bits per heavy atom. The Balaban J connectivity index is 1.66. The van der Waals surface area contributed by atoms with Gasteiger partial charge >= 0.3 is 0 Å². The molecule has 2 aliphatic heterocycles. The zero-order chi connectivity index (χ0) is 13.9. The van der Waals surface area contributed by atoms with Crippen molar-refractivity contribution in [3.8, 4) is 6.07 Å². The second-order valence-electron chi connectivity index (χ2n) is 5.84. The molecule has 0 radical (unpaired) electrons. The van der Waals surface area contributed by atoms with Crippen molar-refractivity contribution < 1.29 is 5.11 Å². The van der Waals surface area contributed by atoms with E-state index in [1.807, 2.05) is 24.3 Å². The van der Waals surface area contributed by atoms with Gasteiger partial charge in [-0.3, -0.25) is 9.80 Å². The zero-order valence-electron chi connectivity index (χ0n) is 11.7. The van der Waals surface area contributed by atoms with Crippen LogP contribution in [0.1, 0.15) is 24.0 Å². The molecule has 0 aliphatic carbocycles. The molecule has 0 aromatic heterocycles. The fourth-order valence-electron chi connectivity index (χ4n) is 3.42. The second kappa shape index (κ2) is 5.92. The Morgan fingerprint density at radius 2 is 1.95 bits per heavy atom. The monoisotopic (exact) mass is 271 g/mol. The van der Waals surface area contributed by atoms with Gasteiger partial charge in [0.25, 0.3) is 0 Å². The molecule has 1 N–H and O–H groups in total. The van der Waals surface area contributed by atoms with Crippen molar-refractivity contribution in [2.45, 2.75) is 31.5 Å². The second-order valence-corrected chi connectivity index (χ2v) is 5.84. The number of hydrogen-bond donors (Lipinski definition) is 1. The van der Waals surface area contributed by atoms with Crippen LogP contribution < -0.4 is 0 Å². The summed E-state index contributed by atoms with van der Waals surface area (Å²) in [4.78, 5) is 4.69. The third-order valence-corrected chi connectivity index (χ3v) is 4.48. The maximum absolute atomic E-state index is 10.3. The number of hydrogen-bond acceptors (Lipinski definition) is 4. The number of nitriles is 1. The lowest BCUT2D eigenvalue weighted by Gasteiger charge is -2.25. The number of likely N-dealkylation sites (tertiary alicyclic amines) is 2. The maximum atomic E-state index is 10.3. The molecule has 0 unspecified atom stereocenters. The van der Waals surface area contributed by atoms with Gasteiger partial charge in [-0.05, 0) is 37.6 Å². The molecular weight excluding hydrogens is 250 g/mol. The van der Waals surface area contributed by atoms with E-state index < -0.39 is 0 Å². The van der Waals surface area contributed by atoms with Crippen molar-refractivity contribution in [1.29, 1.82) is 5.26 Å². The summed E-state index contributed by atoms with van der Waals surface area (Å²) < 4.78 is 0. The molecule has 0 saturated carbocycles. The molecular formula is C16H21N3O. The first-order valence-electron chi connectivity index (χ1n) is 7.40. The molecule has 1 aromatic carbocycles. The molecule has 2 atom stereocenters. The van der Waals surface area contributed by atoms with Crippen molar-refractivity contribution in [2.75, 3.05) is 26.2 Å². The van der Waals surface area contributed by atoms with Crippen LogP contribution in [0.3, 0.4) is 0 Å². The molecule has 1 aromatic rings. The molecule has 0 amide bonds. The number of aliphatic hydroxyl groups excluding tert-OH is 1. The molecule has 2 saturated heterocycles. The van der Waals surface area contributed by atoms with Gasteiger partial charge in [-0.25, -0.2) is 0 Å². The van der Waals surface area contributed by atoms with Crippen LogP contribution in [0, 0.1) is 11.3 Å². The van der Waals surface area contributed by atoms with E-state index in [1.54, 1.807) is 0 Å². The van der Waals surface area contributed by atoms with Crippen LogP contribution >= 0.6 is 0 Å². The molecule has 0 spiro atoms. The van der Waals surface area contributed by atoms with Crippen molar-refractivity contribution in [2.24, 2.45) is 0 Å². The van der Waals surface area contributed by atoms with E-state index in [0.717, 1.165) is 37.3 Å². The zero-order valence-corrected chi connectivity index (χ0v) is 11.7. The van der Waals surface area contributed by atoms with E-state index in [0.29, 0.717) is 6.54 Å². The highest BCUT2D eigenvalue weighted by atomic mass is 16.3. The topological polar surface area (TPSA) is 50.5 Å². The number of rotatable bonds is 3. The highest BCUT2D eigenvalue weighted by Crippen LogP contribution is 2.23. The predicted molar refractivity (Wildman–Crippen MR) is 77.0 cm³/mol. The average Bonchev–Trinajstić information content (AvgIpc) is 3.09. The van der Waals surface area contributed by atoms with E-state index in [9.17, 15) is 5.11 Å². The fourth-order valence-corrected chi connectivity index (χ4v) is 3.42. The van der Waals surface area contributed by atoms with Gasteiger partial charge in [-0.2, -0.15) is 5.26 Å². The van der Waals surface area contributed by atoms with Gasteiger partial charge in [0, 0.05) is 25.7 Å². The van der Waals surface area contributed by atoms with Gasteiger partial charge < -0.3 is 5.11 Å². The summed E-state index contributed by atoms with van der Waals surface area (Å²) in [6.45, 7) is 4.60. The first-order chi connectivity index (χ1) is 9.78. The summed E-state index contributed by atoms with van der Waals surface area (Å²) >= 11 is 0. The number of nitrogens with zero attached hydrogens (tertiary/aromatic N) is 3. The lowest BCUT2D eigenvalue weighted by molar-refractivity contribution is 0.0978. The summed E-state index contributed by atoms with van der Waals surface area (Å²) in [6.07, 6.45) is 2.24. The van der Waals surface area contributed by atoms with E-state index in [4.69, 9.17) is 5.26 Å². The van der Waals surface area contributed by atoms with Gasteiger partial charge in [0.2, 0.25) is 0 Å². The smallest absolute Gasteiger partial charge is 0.0995 e. The molecule has 2 heterocycles. The Morgan fingerprint density at radius 1 is 1.20 bits per heavy atom. The quantitative estimate of drug-likeness (QED) is 0.897. The minimum absolute atomic E-state index is 0.262. The van der Waals surface area contributed by atoms with Gasteiger partial charge in [0.15, 0.2) is 0 Å². The molecule has 4 heteroatoms. The molecule has 0 bridgehead atoms. The summed E-state index contributed by atoms with van der Waals surface area (Å²) in [6, 6.07) is 10.3. The summed E-state index contributed by atoms with van der Waals surface area (Å²) in [5.74, 6) is 0. The molecule has 20 heavy (non-hydrogen) atoms. The van der Waals surface area contributed by atoms with Crippen molar-refractivity contribution in [3.05, 3.63) is 35.4 Å². The van der Waals surface area contributed by atoms with Crippen LogP contribution in [0.15, 0.2) is 24.3 Å². The Bertz CT molecular complexity index is 505. The molecule has 2 fully saturated rings. The van der Waals surface area contributed by atoms with E-state index in [1.165, 1.54) is 12.8 Å². The summed E-state index contributed by atoms with van der Waals surface area (Å²) in [5.41, 5.74) is 1.80. The number of aliphatic hydroxyl groups is 1. The van der Waals surface area contributed by atoms with Crippen LogP contribution in [-0.4, -0.2) is 53.2 Å². The normalized spacial score (nSPS) is 27.8. The first kappa shape index (κ1) is 13.6. The third kappa shape index (κ3) is 2.71. The van der Waals surface area contributed by atoms with Gasteiger partial charge in [-0.15, -0.1) is 0 Å². The van der Waals surface area contributed by atoms with E-state index in [-0.39, 0.29) is 12.1 Å². The highest BCUT2D eigenvalue weighted by Gasteiger charge is 2.36. The average molecular weight is 271 g/mol. The molecule has 106 valence electrons. The van der Waals surface area contributed by atoms with Crippen LogP contribution in [0.4, 0.5) is 0 Å². The van der Waals surface area contributed by atoms with Crippen LogP contribution in [0.25, 0.3) is 0 Å². The molecule has 2 aliphatic rings. The van der Waals surface area contributed by atoms with Crippen LogP contribution in [0.5, 0.6) is 0 Å². The minimum atomic E-state index is -0.262. The fraction of sp³-hybridized carbons (Fsp3) is 0.562. The van der Waals surface area contributed by atoms with Gasteiger partial charge in [-0.1, -0.05) is 18.2 Å². The Hall–Kier alpha value is -1.41. The van der Waals surface area contributed by atoms with Crippen molar-refractivity contribution in [3.63, 3.8) is 0 Å². The SMILES string of the molecule is N#Cc1ccccc1CN1C[C@H](O)[C@@H](N2CCCC2)C1. The van der Waals surface area contributed by atoms with Gasteiger partial charge in [0.05, 0.1) is 17.7 Å². The standard InChI is InChI=1S/C16H21N3O/c17-9-13-5-1-2-6-14(13)10-18-11-15(16(20)12-18)19-7-3-4-8-19/h1-2,5-6,15-16,20H,3-4,7-8,10-12H2/t15-,16-/m0/s1. The van der Waals surface area contributed by atoms with Crippen LogP contribution in [-0.2, 0) is 6.54 Å². The lowest BCUT2D eigenvalue weighted by atomic mass is 10.1. The highest BCUT2D eigenvalue weighted by molar-refractivity contribution is 5.37.